The van der Waals surface area contributed by atoms with Crippen molar-refractivity contribution >= 4 is 38.8 Å². The number of carbonyl (C=O) groups excluding carboxylic acids is 1. The van der Waals surface area contributed by atoms with Crippen LogP contribution in [0.4, 0.5) is 23.1 Å². The first-order chi connectivity index (χ1) is 13.8. The smallest absolute Gasteiger partial charge is 0.179 e. The number of sulfone groups is 1. The predicted molar refractivity (Wildman–Crippen MR) is 110 cm³/mol. The van der Waals surface area contributed by atoms with Crippen molar-refractivity contribution in [2.45, 2.75) is 25.2 Å². The summed E-state index contributed by atoms with van der Waals surface area (Å²) in [5.41, 5.74) is 1.49. The van der Waals surface area contributed by atoms with E-state index in [4.69, 9.17) is 0 Å². The Morgan fingerprint density at radius 3 is 2.52 bits per heavy atom. The van der Waals surface area contributed by atoms with Crippen molar-refractivity contribution in [2.24, 2.45) is 0 Å². The Balaban J connectivity index is 2.01. The lowest BCUT2D eigenvalue weighted by molar-refractivity contribution is 0.0988. The van der Waals surface area contributed by atoms with Crippen LogP contribution in [0, 0.1) is 6.92 Å². The first-order valence-electron chi connectivity index (χ1n) is 8.80. The number of rotatable bonds is 7. The predicted octanol–water partition coefficient (Wildman–Crippen LogP) is 3.06. The lowest BCUT2D eigenvalue weighted by Crippen LogP contribution is -2.09. The molecule has 0 radical (unpaired) electrons. The second-order valence-electron chi connectivity index (χ2n) is 6.32. The highest BCUT2D eigenvalue weighted by molar-refractivity contribution is 7.90. The number of ketones is 1. The van der Waals surface area contributed by atoms with Crippen LogP contribution in [-0.4, -0.2) is 40.6 Å². The second kappa shape index (κ2) is 8.31. The van der Waals surface area contributed by atoms with E-state index in [0.717, 1.165) is 11.9 Å². The van der Waals surface area contributed by atoms with Crippen LogP contribution < -0.4 is 10.6 Å². The molecule has 3 rings (SSSR count). The normalized spacial score (nSPS) is 11.1. The summed E-state index contributed by atoms with van der Waals surface area (Å²) in [5.74, 6) is 0.888. The largest absolute Gasteiger partial charge is 0.338 e. The van der Waals surface area contributed by atoms with Gasteiger partial charge in [0.05, 0.1) is 16.9 Å². The number of hydrogen-bond acceptors (Lipinski definition) is 9. The molecule has 0 amide bonds. The van der Waals surface area contributed by atoms with Crippen molar-refractivity contribution in [1.82, 2.24) is 20.2 Å². The fourth-order valence-corrected chi connectivity index (χ4v) is 3.33. The summed E-state index contributed by atoms with van der Waals surface area (Å²) in [6, 6.07) is 8.15. The van der Waals surface area contributed by atoms with Crippen molar-refractivity contribution < 1.29 is 13.2 Å². The Morgan fingerprint density at radius 1 is 1.07 bits per heavy atom. The third-order valence-corrected chi connectivity index (χ3v) is 5.13. The first kappa shape index (κ1) is 20.3. The lowest BCUT2D eigenvalue weighted by Gasteiger charge is -2.14. The molecule has 3 aromatic heterocycles. The molecule has 0 saturated carbocycles. The van der Waals surface area contributed by atoms with Crippen LogP contribution in [-0.2, 0) is 9.84 Å². The van der Waals surface area contributed by atoms with Gasteiger partial charge in [-0.05, 0) is 31.2 Å². The molecule has 0 aliphatic heterocycles. The van der Waals surface area contributed by atoms with Gasteiger partial charge >= 0.3 is 0 Å². The monoisotopic (exact) mass is 412 g/mol. The zero-order valence-corrected chi connectivity index (χ0v) is 17.0. The third-order valence-electron chi connectivity index (χ3n) is 4.00. The highest BCUT2D eigenvalue weighted by Crippen LogP contribution is 2.28. The maximum absolute atomic E-state index is 12.4. The minimum absolute atomic E-state index is 0.0330. The highest BCUT2D eigenvalue weighted by Gasteiger charge is 2.18. The minimum Gasteiger partial charge on any atom is -0.338 e. The molecular formula is C19H20N6O3S. The SMILES string of the molecule is CCC(=O)c1cnc(Nc2ccc(C)nn2)cc1Nc1ncccc1S(C)(=O)=O. The average molecular weight is 412 g/mol. The molecule has 9 nitrogen and oxygen atoms in total. The first-order valence-corrected chi connectivity index (χ1v) is 10.7. The van der Waals surface area contributed by atoms with Crippen LogP contribution in [0.3, 0.4) is 0 Å². The number of Topliss-reactive ketones (excluding diaryl/α,β-unsaturated/α-hetero) is 1. The zero-order valence-electron chi connectivity index (χ0n) is 16.2. The Hall–Kier alpha value is -3.40. The van der Waals surface area contributed by atoms with Gasteiger partial charge < -0.3 is 10.6 Å². The van der Waals surface area contributed by atoms with Crippen molar-refractivity contribution in [3.63, 3.8) is 0 Å². The van der Waals surface area contributed by atoms with Gasteiger partial charge in [-0.1, -0.05) is 6.92 Å². The van der Waals surface area contributed by atoms with Gasteiger partial charge in [-0.15, -0.1) is 5.10 Å². The summed E-state index contributed by atoms with van der Waals surface area (Å²) < 4.78 is 24.1. The van der Waals surface area contributed by atoms with Gasteiger partial charge in [-0.2, -0.15) is 5.10 Å². The quantitative estimate of drug-likeness (QED) is 0.563. The van der Waals surface area contributed by atoms with Crippen LogP contribution in [0.5, 0.6) is 0 Å². The van der Waals surface area contributed by atoms with Gasteiger partial charge in [0.2, 0.25) is 0 Å². The number of hydrogen-bond donors (Lipinski definition) is 2. The van der Waals surface area contributed by atoms with E-state index in [2.05, 4.69) is 30.8 Å². The number of nitrogens with zero attached hydrogens (tertiary/aromatic N) is 4. The Bertz CT molecular complexity index is 1150. The van der Waals surface area contributed by atoms with Gasteiger partial charge in [0.1, 0.15) is 16.5 Å². The number of aryl methyl sites for hydroxylation is 1. The molecular weight excluding hydrogens is 392 g/mol. The molecule has 2 N–H and O–H groups in total. The Labute approximate surface area is 168 Å². The molecule has 0 aliphatic rings. The van der Waals surface area contributed by atoms with Crippen molar-refractivity contribution in [2.75, 3.05) is 16.9 Å². The molecule has 0 atom stereocenters. The van der Waals surface area contributed by atoms with Gasteiger partial charge in [0.25, 0.3) is 0 Å². The highest BCUT2D eigenvalue weighted by atomic mass is 32.2. The zero-order chi connectivity index (χ0) is 21.0. The van der Waals surface area contributed by atoms with Crippen molar-refractivity contribution in [1.29, 1.82) is 0 Å². The number of pyridine rings is 2. The lowest BCUT2D eigenvalue weighted by atomic mass is 10.1. The van der Waals surface area contributed by atoms with E-state index in [0.29, 0.717) is 22.9 Å². The topological polar surface area (TPSA) is 127 Å². The fraction of sp³-hybridized carbons (Fsp3) is 0.211. The molecule has 0 unspecified atom stereocenters. The third kappa shape index (κ3) is 4.91. The molecule has 10 heteroatoms. The molecule has 29 heavy (non-hydrogen) atoms. The van der Waals surface area contributed by atoms with Crippen molar-refractivity contribution in [3.8, 4) is 0 Å². The van der Waals surface area contributed by atoms with Crippen LogP contribution in [0.25, 0.3) is 0 Å². The van der Waals surface area contributed by atoms with E-state index < -0.39 is 9.84 Å². The molecule has 3 aromatic rings. The maximum Gasteiger partial charge on any atom is 0.179 e. The molecule has 3 heterocycles. The Morgan fingerprint density at radius 2 is 1.86 bits per heavy atom. The number of carbonyl (C=O) groups is 1. The van der Waals surface area contributed by atoms with E-state index in [1.54, 1.807) is 25.1 Å². The van der Waals surface area contributed by atoms with Gasteiger partial charge in [0, 0.05) is 31.1 Å². The molecule has 0 spiro atoms. The summed E-state index contributed by atoms with van der Waals surface area (Å²) in [6.07, 6.45) is 4.28. The molecule has 0 aliphatic carbocycles. The summed E-state index contributed by atoms with van der Waals surface area (Å²) in [7, 11) is -3.51. The summed E-state index contributed by atoms with van der Waals surface area (Å²) in [5, 5.41) is 14.0. The number of aromatic nitrogens is 4. The van der Waals surface area contributed by atoms with Crippen LogP contribution in [0.1, 0.15) is 29.4 Å². The van der Waals surface area contributed by atoms with Gasteiger partial charge in [-0.3, -0.25) is 4.79 Å². The van der Waals surface area contributed by atoms with Gasteiger partial charge in [0.15, 0.2) is 21.4 Å². The maximum atomic E-state index is 12.4. The summed E-state index contributed by atoms with van der Waals surface area (Å²) in [4.78, 5) is 20.8. The van der Waals surface area contributed by atoms with E-state index in [1.165, 1.54) is 24.5 Å². The Kier molecular flexibility index (Phi) is 5.83. The molecule has 0 bridgehead atoms. The van der Waals surface area contributed by atoms with Crippen LogP contribution in [0.15, 0.2) is 47.6 Å². The fourth-order valence-electron chi connectivity index (χ4n) is 2.55. The van der Waals surface area contributed by atoms with Crippen LogP contribution >= 0.6 is 0 Å². The van der Waals surface area contributed by atoms with E-state index in [1.807, 2.05) is 6.92 Å². The summed E-state index contributed by atoms with van der Waals surface area (Å²) >= 11 is 0. The number of nitrogens with one attached hydrogen (secondary N) is 2. The number of anilines is 4. The van der Waals surface area contributed by atoms with Crippen LogP contribution in [0.2, 0.25) is 0 Å². The van der Waals surface area contributed by atoms with E-state index in [9.17, 15) is 13.2 Å². The van der Waals surface area contributed by atoms with E-state index >= 15 is 0 Å². The average Bonchev–Trinajstić information content (AvgIpc) is 2.69. The molecule has 0 fully saturated rings. The minimum atomic E-state index is -3.51. The van der Waals surface area contributed by atoms with Crippen molar-refractivity contribution in [3.05, 3.63) is 54.0 Å². The second-order valence-corrected chi connectivity index (χ2v) is 8.31. The molecule has 150 valence electrons. The molecule has 0 saturated heterocycles. The summed E-state index contributed by atoms with van der Waals surface area (Å²) in [6.45, 7) is 3.57. The van der Waals surface area contributed by atoms with Gasteiger partial charge in [-0.25, -0.2) is 18.4 Å². The molecule has 0 aromatic carbocycles. The standard InChI is InChI=1S/C19H20N6O3S/c1-4-15(26)13-11-21-18(23-17-8-7-12(2)24-25-17)10-14(13)22-19-16(29(3,27)28)6-5-9-20-19/h5-11H,4H2,1-3H3,(H2,20,21,22,23,25). The van der Waals surface area contributed by atoms with E-state index in [-0.39, 0.29) is 22.9 Å².